The summed E-state index contributed by atoms with van der Waals surface area (Å²) in [6.45, 7) is 20.9. The average molecular weight is 2170 g/mol. The number of hydrogen-bond donors (Lipinski definition) is 5. The van der Waals surface area contributed by atoms with E-state index < -0.39 is 23.5 Å². The molecule has 6 fully saturated rings. The van der Waals surface area contributed by atoms with Crippen LogP contribution in [-0.4, -0.2) is 130 Å². The molecule has 6 saturated carbocycles. The molecule has 6 spiro atoms. The molecule has 6 aliphatic heterocycles. The van der Waals surface area contributed by atoms with Crippen LogP contribution in [-0.2, 0) is 76.8 Å². The van der Waals surface area contributed by atoms with Crippen LogP contribution in [0.2, 0.25) is 0 Å². The highest BCUT2D eigenvalue weighted by molar-refractivity contribution is 14.1. The fourth-order valence-electron chi connectivity index (χ4n) is 20.1. The summed E-state index contributed by atoms with van der Waals surface area (Å²) >= 11 is 4.52. The summed E-state index contributed by atoms with van der Waals surface area (Å²) in [5.41, 5.74) is 32.6. The van der Waals surface area contributed by atoms with E-state index in [4.69, 9.17) is 34.0 Å². The molecule has 6 aromatic carbocycles. The standard InChI is InChI=1S/C20H24FN5O2.C16H16FN3O.C16H14FN3.C15H14FIN2.C15H15FN4O.C15H15FN2.C5H9NO.CH3F.CH3I.4CH4/c1-19(2,3)23-18(28)25-10-14-15(17(22)27)16(12-5-4-6-13(21)9-12)24-26(14)20(11-25)7-8-20;17-11-4-1-3-10(9-11)14-13(15(18)21)12-5-2-6-16(7-8-16)20(12)19-14;1-18-15-13-6-3-7-16(8-9-16)20(13)19-14(15)11-4-2-5-12(17)10-11;16-11-4-1-3-10(9-11)14-13(17)12-5-2-6-15(7-8-15)19(12)18-14;16-10-3-1-2-9(6-10)13-12(14(17)21)11-7-18-8-15(4-5-15)20(11)19-13;16-12-4-1-3-11(9-12)14-10-13-5-2-6-15(7-8-15)18(13)17-14;1-5(2,3)6-4-7;2*1-2;;;;/h4-6,9H,7-8,10-11H2,1-3H3,(H2,22,27)(H,23,28);1,3-4,9H,2,5-8H2,(H2,18,21);2,4-5,10H,3,6-9H2;1,3-4,9H,2,5-8H2;1-3,6,18H,4-5,7-8H2,(H2,17,21);1,3-4,9-10H,2,5-8H2;1-3H3;2*1H3;4*1H4. The number of alkyl halides is 2. The number of fused-ring (bicyclic) bond motifs is 12. The fourth-order valence-corrected chi connectivity index (χ4v) is 21.0. The predicted octanol–water partition coefficient (Wildman–Crippen LogP) is 23.6. The first-order valence-electron chi connectivity index (χ1n) is 46.9. The van der Waals surface area contributed by atoms with E-state index in [-0.39, 0.29) is 110 Å². The summed E-state index contributed by atoms with van der Waals surface area (Å²) in [4.78, 5) is 69.2. The number of hydrogen-bond acceptors (Lipinski definition) is 13. The zero-order valence-electron chi connectivity index (χ0n) is 78.6. The number of isocyanates is 1. The van der Waals surface area contributed by atoms with Gasteiger partial charge >= 0.3 is 6.03 Å². The largest absolute Gasteiger partial charge is 0.365 e. The quantitative estimate of drug-likeness (QED) is 0.0225. The predicted molar refractivity (Wildman–Crippen MR) is 557 cm³/mol. The Morgan fingerprint density at radius 2 is 0.761 bits per heavy atom. The summed E-state index contributed by atoms with van der Waals surface area (Å²) in [5, 5.41) is 34.4. The van der Waals surface area contributed by atoms with Crippen molar-refractivity contribution in [1.29, 1.82) is 0 Å². The zero-order valence-corrected chi connectivity index (χ0v) is 82.9. The molecule has 34 heteroatoms. The van der Waals surface area contributed by atoms with Gasteiger partial charge in [0.1, 0.15) is 57.7 Å². The van der Waals surface area contributed by atoms with Crippen LogP contribution >= 0.6 is 45.2 Å². The van der Waals surface area contributed by atoms with Gasteiger partial charge in [0.05, 0.1) is 113 Å². The monoisotopic (exact) mass is 2170 g/mol. The summed E-state index contributed by atoms with van der Waals surface area (Å²) in [5.74, 6) is -3.41. The van der Waals surface area contributed by atoms with Crippen LogP contribution in [0.25, 0.3) is 72.4 Å². The number of aliphatic imine (C=N–C) groups is 1. The molecule has 24 rings (SSSR count). The number of urea groups is 1. The van der Waals surface area contributed by atoms with Crippen molar-refractivity contribution in [3.8, 4) is 67.5 Å². The molecule has 0 atom stereocenters. The van der Waals surface area contributed by atoms with Crippen LogP contribution in [0.15, 0.2) is 157 Å². The van der Waals surface area contributed by atoms with Gasteiger partial charge in [-0.1, -0.05) is 125 Å². The molecule has 754 valence electrons. The van der Waals surface area contributed by atoms with E-state index in [0.717, 1.165) is 149 Å². The summed E-state index contributed by atoms with van der Waals surface area (Å²) < 4.78 is 104. The Morgan fingerprint density at radius 3 is 1.15 bits per heavy atom. The Morgan fingerprint density at radius 1 is 0.430 bits per heavy atom. The van der Waals surface area contributed by atoms with Gasteiger partial charge in [-0.2, -0.15) is 30.6 Å². The van der Waals surface area contributed by atoms with Gasteiger partial charge in [0.15, 0.2) is 0 Å². The molecule has 8 N–H and O–H groups in total. The topological polar surface area (TPSA) is 314 Å². The van der Waals surface area contributed by atoms with E-state index in [2.05, 4.69) is 106 Å². The molecule has 6 aromatic heterocycles. The van der Waals surface area contributed by atoms with Crippen molar-refractivity contribution in [2.24, 2.45) is 22.2 Å². The minimum Gasteiger partial charge on any atom is -0.365 e. The second-order valence-electron chi connectivity index (χ2n) is 39.8. The molecular formula is C108H129F7I2N20O5. The number of amides is 5. The number of primary amides is 3. The van der Waals surface area contributed by atoms with Crippen molar-refractivity contribution in [1.82, 2.24) is 74.2 Å². The van der Waals surface area contributed by atoms with Gasteiger partial charge in [0, 0.05) is 64.4 Å². The number of aryl methyl sites for hydroxylation is 1. The number of nitrogens with two attached hydrogens (primary N) is 3. The highest BCUT2D eigenvalue weighted by Crippen LogP contribution is 2.57. The van der Waals surface area contributed by atoms with Crippen LogP contribution in [0.3, 0.4) is 0 Å². The van der Waals surface area contributed by atoms with Crippen LogP contribution in [0.1, 0.15) is 265 Å². The third-order valence-electron chi connectivity index (χ3n) is 27.7. The van der Waals surface area contributed by atoms with Gasteiger partial charge < -0.3 is 32.7 Å². The van der Waals surface area contributed by atoms with Gasteiger partial charge in [-0.25, -0.2) is 45.8 Å². The van der Waals surface area contributed by atoms with Gasteiger partial charge in [-0.3, -0.25) is 46.9 Å². The van der Waals surface area contributed by atoms with Crippen LogP contribution in [0.4, 0.5) is 41.2 Å². The molecule has 0 saturated heterocycles. The van der Waals surface area contributed by atoms with Gasteiger partial charge in [-0.05, 0) is 308 Å². The fraction of sp³-hybridized carbons (Fsp3) is 0.444. The summed E-state index contributed by atoms with van der Waals surface area (Å²) in [7, 11) is 0.500. The van der Waals surface area contributed by atoms with E-state index in [1.807, 2.05) is 78.7 Å². The van der Waals surface area contributed by atoms with Gasteiger partial charge in [0.2, 0.25) is 11.8 Å². The van der Waals surface area contributed by atoms with Crippen molar-refractivity contribution < 1.29 is 54.7 Å². The van der Waals surface area contributed by atoms with Gasteiger partial charge in [0.25, 0.3) is 17.7 Å². The van der Waals surface area contributed by atoms with Crippen LogP contribution < -0.4 is 27.8 Å². The first-order valence-corrected chi connectivity index (χ1v) is 50.1. The minimum absolute atomic E-state index is 0. The smallest absolute Gasteiger partial charge is 0.318 e. The van der Waals surface area contributed by atoms with Crippen molar-refractivity contribution in [3.63, 3.8) is 0 Å². The number of rotatable bonds is 9. The second-order valence-corrected chi connectivity index (χ2v) is 40.9. The molecule has 25 nitrogen and oxygen atoms in total. The highest BCUT2D eigenvalue weighted by Gasteiger charge is 2.56. The van der Waals surface area contributed by atoms with Gasteiger partial charge in [-0.15, -0.1) is 0 Å². The lowest BCUT2D eigenvalue weighted by Gasteiger charge is -2.36. The molecule has 0 bridgehead atoms. The van der Waals surface area contributed by atoms with Crippen molar-refractivity contribution in [3.05, 3.63) is 252 Å². The third-order valence-corrected chi connectivity index (χ3v) is 28.8. The van der Waals surface area contributed by atoms with E-state index >= 15 is 0 Å². The normalized spacial score (nSPS) is 17.2. The van der Waals surface area contributed by atoms with E-state index in [1.165, 1.54) is 133 Å². The summed E-state index contributed by atoms with van der Waals surface area (Å²) in [6, 6.07) is 40.0. The van der Waals surface area contributed by atoms with Crippen molar-refractivity contribution in [2.45, 2.75) is 283 Å². The lowest BCUT2D eigenvalue weighted by Crippen LogP contribution is -2.53. The average Bonchev–Trinajstić information content (AvgIpc) is 1.47. The van der Waals surface area contributed by atoms with Crippen LogP contribution in [0.5, 0.6) is 0 Å². The lowest BCUT2D eigenvalue weighted by molar-refractivity contribution is 0.0988. The molecule has 142 heavy (non-hydrogen) atoms. The zero-order chi connectivity index (χ0) is 98.3. The number of carbonyl (C=O) groups is 4. The molecule has 5 amide bonds. The third kappa shape index (κ3) is 22.8. The Labute approximate surface area is 853 Å². The SMILES string of the molecule is C.C.C.C.CC(C)(C)N=C=O.CC(C)(C)NC(=O)N1Cc2c(C(N)=O)c(-c3cccc(F)c3)nn2C2(CC2)C1.CF.CI.Fc1cccc(-c2cc3n(n2)C2(CCC3)CC2)c1.Fc1cccc(-c2nn3c(c2I)CCCC32CC2)c1.NC(=O)c1c(-c2cccc(F)c2)nn2c1CCCC21CC1.NC(=O)c1c(-c2cccc(F)c2)nn2c1CNCC21CC1.[C-]#[N+]c1c(-c2cccc(F)c2)nn2c1CCCC21CC1. The molecule has 0 radical (unpaired) electrons. The minimum atomic E-state index is -0.630. The lowest BCUT2D eigenvalue weighted by atomic mass is 9.97. The second kappa shape index (κ2) is 43.7. The Balaban J connectivity index is 0.000000149. The molecular weight excluding hydrogens is 2040 g/mol. The maximum Gasteiger partial charge on any atom is 0.318 e. The number of nitrogens with zero attached hydrogens (tertiary/aromatic N) is 15. The number of halogens is 9. The summed E-state index contributed by atoms with van der Waals surface area (Å²) in [6.07, 6.45) is 28.2. The highest BCUT2D eigenvalue weighted by atomic mass is 127. The maximum absolute atomic E-state index is 13.7. The molecule has 12 aliphatic rings. The Hall–Kier alpha value is -11.9. The Bertz CT molecular complexity index is 6610. The first-order chi connectivity index (χ1) is 66.1. The number of benzene rings is 6. The molecule has 12 heterocycles. The molecule has 0 unspecified atom stereocenters. The maximum atomic E-state index is 13.7. The molecule has 6 aliphatic carbocycles. The van der Waals surface area contributed by atoms with E-state index in [9.17, 15) is 54.7 Å². The number of carbonyl (C=O) groups excluding carboxylic acids is 5. The Kier molecular flexibility index (Phi) is 33.5. The number of nitrogens with one attached hydrogen (secondary N) is 2. The first kappa shape index (κ1) is 109. The van der Waals surface area contributed by atoms with Crippen LogP contribution in [0, 0.1) is 45.0 Å². The van der Waals surface area contributed by atoms with E-state index in [0.29, 0.717) is 98.9 Å². The van der Waals surface area contributed by atoms with Crippen molar-refractivity contribution >= 4 is 80.7 Å². The van der Waals surface area contributed by atoms with Crippen molar-refractivity contribution in [2.75, 3.05) is 25.2 Å². The molecule has 12 aromatic rings. The van der Waals surface area contributed by atoms with E-state index in [1.54, 1.807) is 71.6 Å². The number of aromatic nitrogens is 12.